The SMILES string of the molecule is CC(=O)NC(C)(CSCC=C(C)CCC=C(C)CCC=C(C)C)C(N)=O. The first-order valence-corrected chi connectivity index (χ1v) is 10.3. The van der Waals surface area contributed by atoms with Crippen molar-refractivity contribution in [2.24, 2.45) is 5.73 Å². The van der Waals surface area contributed by atoms with E-state index in [2.05, 4.69) is 51.2 Å². The molecule has 0 fully saturated rings. The van der Waals surface area contributed by atoms with E-state index in [1.54, 1.807) is 18.7 Å². The van der Waals surface area contributed by atoms with Crippen LogP contribution in [0.2, 0.25) is 0 Å². The molecule has 3 N–H and O–H groups in total. The van der Waals surface area contributed by atoms with E-state index in [-0.39, 0.29) is 5.91 Å². The van der Waals surface area contributed by atoms with Gasteiger partial charge in [0.1, 0.15) is 5.54 Å². The number of hydrogen-bond donors (Lipinski definition) is 2. The number of hydrogen-bond acceptors (Lipinski definition) is 3. The zero-order valence-electron chi connectivity index (χ0n) is 17.3. The van der Waals surface area contributed by atoms with Crippen LogP contribution in [0.3, 0.4) is 0 Å². The van der Waals surface area contributed by atoms with Gasteiger partial charge in [0.05, 0.1) is 0 Å². The average molecular weight is 381 g/mol. The summed E-state index contributed by atoms with van der Waals surface area (Å²) < 4.78 is 0. The molecule has 0 aliphatic carbocycles. The van der Waals surface area contributed by atoms with Gasteiger partial charge in [0.25, 0.3) is 0 Å². The third-order valence-corrected chi connectivity index (χ3v) is 5.24. The molecule has 2 amide bonds. The first kappa shape index (κ1) is 24.5. The van der Waals surface area contributed by atoms with Gasteiger partial charge in [-0.2, -0.15) is 11.8 Å². The number of thioether (sulfide) groups is 1. The fourth-order valence-electron chi connectivity index (χ4n) is 2.36. The normalized spacial score (nSPS) is 14.5. The van der Waals surface area contributed by atoms with Crippen LogP contribution in [0.5, 0.6) is 0 Å². The molecule has 1 unspecified atom stereocenters. The number of nitrogens with one attached hydrogen (secondary N) is 1. The maximum atomic E-state index is 11.6. The summed E-state index contributed by atoms with van der Waals surface area (Å²) in [5.74, 6) is 0.520. The Morgan fingerprint density at radius 1 is 0.962 bits per heavy atom. The quantitative estimate of drug-likeness (QED) is 0.386. The van der Waals surface area contributed by atoms with Gasteiger partial charge < -0.3 is 11.1 Å². The molecule has 0 aromatic rings. The van der Waals surface area contributed by atoms with Crippen molar-refractivity contribution < 1.29 is 9.59 Å². The topological polar surface area (TPSA) is 72.2 Å². The summed E-state index contributed by atoms with van der Waals surface area (Å²) in [5.41, 5.74) is 8.57. The predicted octanol–water partition coefficient (Wildman–Crippen LogP) is 4.52. The van der Waals surface area contributed by atoms with Crippen molar-refractivity contribution in [1.82, 2.24) is 5.32 Å². The lowest BCUT2D eigenvalue weighted by atomic mass is 10.1. The molecule has 0 aromatic heterocycles. The van der Waals surface area contributed by atoms with Crippen LogP contribution >= 0.6 is 11.8 Å². The van der Waals surface area contributed by atoms with Crippen molar-refractivity contribution in [3.63, 3.8) is 0 Å². The lowest BCUT2D eigenvalue weighted by Crippen LogP contribution is -2.56. The Bertz CT molecular complexity index is 560. The number of amides is 2. The third-order valence-electron chi connectivity index (χ3n) is 4.06. The molecule has 0 aromatic carbocycles. The number of carbonyl (C=O) groups excluding carboxylic acids is 2. The van der Waals surface area contributed by atoms with Gasteiger partial charge in [-0.05, 0) is 60.3 Å². The average Bonchev–Trinajstić information content (AvgIpc) is 2.50. The van der Waals surface area contributed by atoms with Crippen LogP contribution in [0, 0.1) is 0 Å². The summed E-state index contributed by atoms with van der Waals surface area (Å²) in [6, 6.07) is 0. The maximum absolute atomic E-state index is 11.6. The van der Waals surface area contributed by atoms with Gasteiger partial charge in [0.2, 0.25) is 11.8 Å². The minimum Gasteiger partial charge on any atom is -0.368 e. The first-order chi connectivity index (χ1) is 12.1. The van der Waals surface area contributed by atoms with Crippen molar-refractivity contribution in [2.75, 3.05) is 11.5 Å². The standard InChI is InChI=1S/C21H36N2O2S/c1-16(2)9-7-10-17(3)11-8-12-18(4)13-14-26-15-21(6,20(22)25)23-19(5)24/h9,11,13H,7-8,10,12,14-15H2,1-6H3,(H2,22,25)(H,23,24). The summed E-state index contributed by atoms with van der Waals surface area (Å²) >= 11 is 1.60. The van der Waals surface area contributed by atoms with Gasteiger partial charge in [0, 0.05) is 18.4 Å². The highest BCUT2D eigenvalue weighted by Crippen LogP contribution is 2.16. The van der Waals surface area contributed by atoms with Crippen LogP contribution in [0.25, 0.3) is 0 Å². The monoisotopic (exact) mass is 380 g/mol. The van der Waals surface area contributed by atoms with E-state index in [1.807, 2.05) is 0 Å². The highest BCUT2D eigenvalue weighted by molar-refractivity contribution is 7.99. The smallest absolute Gasteiger partial charge is 0.243 e. The van der Waals surface area contributed by atoms with E-state index in [9.17, 15) is 9.59 Å². The summed E-state index contributed by atoms with van der Waals surface area (Å²) in [5, 5.41) is 2.65. The van der Waals surface area contributed by atoms with Gasteiger partial charge in [-0.1, -0.05) is 34.9 Å². The van der Waals surface area contributed by atoms with Crippen LogP contribution in [0.4, 0.5) is 0 Å². The predicted molar refractivity (Wildman–Crippen MR) is 114 cm³/mol. The minimum absolute atomic E-state index is 0.245. The molecule has 148 valence electrons. The molecule has 0 aliphatic heterocycles. The van der Waals surface area contributed by atoms with Crippen molar-refractivity contribution >= 4 is 23.6 Å². The summed E-state index contributed by atoms with van der Waals surface area (Å²) in [6.07, 6.45) is 11.1. The Morgan fingerprint density at radius 2 is 1.50 bits per heavy atom. The molecule has 0 bridgehead atoms. The number of rotatable bonds is 12. The lowest BCUT2D eigenvalue weighted by molar-refractivity contribution is -0.129. The second-order valence-corrected chi connectivity index (χ2v) is 8.38. The summed E-state index contributed by atoms with van der Waals surface area (Å²) in [6.45, 7) is 11.7. The fourth-order valence-corrected chi connectivity index (χ4v) is 3.50. The van der Waals surface area contributed by atoms with E-state index in [4.69, 9.17) is 5.73 Å². The second-order valence-electron chi connectivity index (χ2n) is 7.35. The van der Waals surface area contributed by atoms with E-state index in [1.165, 1.54) is 23.6 Å². The van der Waals surface area contributed by atoms with Crippen LogP contribution < -0.4 is 11.1 Å². The third kappa shape index (κ3) is 12.0. The van der Waals surface area contributed by atoms with Crippen LogP contribution in [-0.2, 0) is 9.59 Å². The molecule has 0 spiro atoms. The maximum Gasteiger partial charge on any atom is 0.243 e. The number of nitrogens with two attached hydrogens (primary N) is 1. The van der Waals surface area contributed by atoms with E-state index >= 15 is 0 Å². The van der Waals surface area contributed by atoms with E-state index < -0.39 is 11.4 Å². The minimum atomic E-state index is -0.997. The van der Waals surface area contributed by atoms with Crippen molar-refractivity contribution in [1.29, 1.82) is 0 Å². The highest BCUT2D eigenvalue weighted by Gasteiger charge is 2.31. The molecular formula is C21H36N2O2S. The van der Waals surface area contributed by atoms with Gasteiger partial charge in [0.15, 0.2) is 0 Å². The molecule has 0 saturated heterocycles. The van der Waals surface area contributed by atoms with Gasteiger partial charge in [-0.3, -0.25) is 9.59 Å². The molecule has 5 heteroatoms. The van der Waals surface area contributed by atoms with E-state index in [0.29, 0.717) is 5.75 Å². The molecule has 0 radical (unpaired) electrons. The molecule has 0 aliphatic rings. The van der Waals surface area contributed by atoms with Gasteiger partial charge >= 0.3 is 0 Å². The Hall–Kier alpha value is -1.49. The lowest BCUT2D eigenvalue weighted by Gasteiger charge is -2.26. The van der Waals surface area contributed by atoms with Crippen molar-refractivity contribution in [2.45, 2.75) is 72.8 Å². The summed E-state index contributed by atoms with van der Waals surface area (Å²) in [7, 11) is 0. The van der Waals surface area contributed by atoms with Gasteiger partial charge in [-0.25, -0.2) is 0 Å². The highest BCUT2D eigenvalue weighted by atomic mass is 32.2. The van der Waals surface area contributed by atoms with E-state index in [0.717, 1.165) is 31.4 Å². The van der Waals surface area contributed by atoms with Crippen LogP contribution in [0.1, 0.15) is 67.2 Å². The Balaban J connectivity index is 4.23. The number of allylic oxidation sites excluding steroid dienone is 5. The molecule has 0 rings (SSSR count). The molecule has 26 heavy (non-hydrogen) atoms. The second kappa shape index (κ2) is 12.8. The van der Waals surface area contributed by atoms with Crippen LogP contribution in [0.15, 0.2) is 34.9 Å². The first-order valence-electron chi connectivity index (χ1n) is 9.18. The Kier molecular flexibility index (Phi) is 12.1. The fraction of sp³-hybridized carbons (Fsp3) is 0.619. The number of primary amides is 1. The molecule has 4 nitrogen and oxygen atoms in total. The molecule has 0 heterocycles. The molecule has 1 atom stereocenters. The summed E-state index contributed by atoms with van der Waals surface area (Å²) in [4.78, 5) is 22.8. The Morgan fingerprint density at radius 3 is 2.00 bits per heavy atom. The molecule has 0 saturated carbocycles. The van der Waals surface area contributed by atoms with Crippen LogP contribution in [-0.4, -0.2) is 28.9 Å². The zero-order chi connectivity index (χ0) is 20.2. The van der Waals surface area contributed by atoms with Crippen molar-refractivity contribution in [3.05, 3.63) is 34.9 Å². The Labute approximate surface area is 163 Å². The largest absolute Gasteiger partial charge is 0.368 e. The van der Waals surface area contributed by atoms with Crippen molar-refractivity contribution in [3.8, 4) is 0 Å². The zero-order valence-corrected chi connectivity index (χ0v) is 18.1. The van der Waals surface area contributed by atoms with Gasteiger partial charge in [-0.15, -0.1) is 0 Å². The molecular weight excluding hydrogens is 344 g/mol. The number of carbonyl (C=O) groups is 2.